The van der Waals surface area contributed by atoms with Crippen molar-refractivity contribution in [3.8, 4) is 0 Å². The summed E-state index contributed by atoms with van der Waals surface area (Å²) in [7, 11) is 0. The standard InChI is InChI=1S/C12H22N2OS/c1-4-10-13-9(2)11(15)14(10)8-12(3)6-5-7-16-12/h9-10,13H,4-8H2,1-3H3. The second-order valence-corrected chi connectivity index (χ2v) is 6.86. The summed E-state index contributed by atoms with van der Waals surface area (Å²) >= 11 is 2.03. The number of thioether (sulfide) groups is 1. The second kappa shape index (κ2) is 4.57. The zero-order valence-corrected chi connectivity index (χ0v) is 11.3. The lowest BCUT2D eigenvalue weighted by Crippen LogP contribution is -2.44. The lowest BCUT2D eigenvalue weighted by atomic mass is 10.0. The quantitative estimate of drug-likeness (QED) is 0.819. The summed E-state index contributed by atoms with van der Waals surface area (Å²) < 4.78 is 0.287. The van der Waals surface area contributed by atoms with E-state index in [2.05, 4.69) is 24.1 Å². The fraction of sp³-hybridized carbons (Fsp3) is 0.917. The first kappa shape index (κ1) is 12.2. The van der Waals surface area contributed by atoms with E-state index in [0.717, 1.165) is 13.0 Å². The SMILES string of the molecule is CCC1NC(C)C(=O)N1CC1(C)CCCS1. The van der Waals surface area contributed by atoms with Crippen LogP contribution in [-0.4, -0.2) is 40.1 Å². The average Bonchev–Trinajstić information content (AvgIpc) is 2.78. The van der Waals surface area contributed by atoms with E-state index in [4.69, 9.17) is 0 Å². The molecule has 2 aliphatic rings. The number of rotatable bonds is 3. The Morgan fingerprint density at radius 1 is 1.62 bits per heavy atom. The third-order valence-electron chi connectivity index (χ3n) is 3.66. The van der Waals surface area contributed by atoms with E-state index in [0.29, 0.717) is 0 Å². The molecular formula is C12H22N2OS. The van der Waals surface area contributed by atoms with Crippen molar-refractivity contribution in [1.29, 1.82) is 0 Å². The van der Waals surface area contributed by atoms with Crippen LogP contribution in [0.25, 0.3) is 0 Å². The maximum Gasteiger partial charge on any atom is 0.240 e. The maximum absolute atomic E-state index is 12.1. The first-order valence-electron chi connectivity index (χ1n) is 6.26. The van der Waals surface area contributed by atoms with Gasteiger partial charge in [-0.3, -0.25) is 10.1 Å². The fourth-order valence-corrected chi connectivity index (χ4v) is 4.00. The zero-order chi connectivity index (χ0) is 11.8. The molecule has 1 N–H and O–H groups in total. The van der Waals surface area contributed by atoms with E-state index in [1.54, 1.807) is 0 Å². The molecule has 0 bridgehead atoms. The third kappa shape index (κ3) is 2.23. The summed E-state index contributed by atoms with van der Waals surface area (Å²) in [6.45, 7) is 7.31. The monoisotopic (exact) mass is 242 g/mol. The van der Waals surface area contributed by atoms with E-state index >= 15 is 0 Å². The van der Waals surface area contributed by atoms with Gasteiger partial charge in [0.2, 0.25) is 5.91 Å². The van der Waals surface area contributed by atoms with Crippen LogP contribution in [0.15, 0.2) is 0 Å². The van der Waals surface area contributed by atoms with Crippen LogP contribution in [0.2, 0.25) is 0 Å². The number of carbonyl (C=O) groups is 1. The molecule has 2 fully saturated rings. The molecule has 2 aliphatic heterocycles. The number of nitrogens with one attached hydrogen (secondary N) is 1. The highest BCUT2D eigenvalue weighted by atomic mass is 32.2. The highest BCUT2D eigenvalue weighted by molar-refractivity contribution is 8.00. The van der Waals surface area contributed by atoms with Crippen molar-refractivity contribution in [1.82, 2.24) is 10.2 Å². The Morgan fingerprint density at radius 3 is 2.94 bits per heavy atom. The Morgan fingerprint density at radius 2 is 2.38 bits per heavy atom. The molecule has 0 aromatic carbocycles. The van der Waals surface area contributed by atoms with Crippen molar-refractivity contribution in [3.63, 3.8) is 0 Å². The van der Waals surface area contributed by atoms with Crippen molar-refractivity contribution in [3.05, 3.63) is 0 Å². The Labute approximate surface area is 102 Å². The Bertz CT molecular complexity index is 276. The van der Waals surface area contributed by atoms with Gasteiger partial charge in [0.05, 0.1) is 12.2 Å². The molecule has 2 rings (SSSR count). The van der Waals surface area contributed by atoms with Gasteiger partial charge in [-0.1, -0.05) is 6.92 Å². The largest absolute Gasteiger partial charge is 0.324 e. The molecular weight excluding hydrogens is 220 g/mol. The minimum absolute atomic E-state index is 0.0000435. The highest BCUT2D eigenvalue weighted by Crippen LogP contribution is 2.39. The van der Waals surface area contributed by atoms with Gasteiger partial charge < -0.3 is 4.90 Å². The molecule has 0 radical (unpaired) electrons. The lowest BCUT2D eigenvalue weighted by Gasteiger charge is -2.32. The minimum atomic E-state index is -0.0000435. The number of hydrogen-bond acceptors (Lipinski definition) is 3. The minimum Gasteiger partial charge on any atom is -0.324 e. The van der Waals surface area contributed by atoms with E-state index in [9.17, 15) is 4.79 Å². The van der Waals surface area contributed by atoms with Crippen LogP contribution in [0, 0.1) is 0 Å². The zero-order valence-electron chi connectivity index (χ0n) is 10.5. The predicted octanol–water partition coefficient (Wildman–Crippen LogP) is 1.83. The van der Waals surface area contributed by atoms with Crippen LogP contribution in [-0.2, 0) is 4.79 Å². The number of hydrogen-bond donors (Lipinski definition) is 1. The van der Waals surface area contributed by atoms with E-state index in [1.807, 2.05) is 18.7 Å². The van der Waals surface area contributed by atoms with Crippen LogP contribution >= 0.6 is 11.8 Å². The Kier molecular flexibility index (Phi) is 3.50. The summed E-state index contributed by atoms with van der Waals surface area (Å²) in [4.78, 5) is 14.1. The molecule has 3 nitrogen and oxygen atoms in total. The molecule has 4 heteroatoms. The van der Waals surface area contributed by atoms with Crippen LogP contribution in [0.5, 0.6) is 0 Å². The van der Waals surface area contributed by atoms with Gasteiger partial charge in [-0.2, -0.15) is 11.8 Å². The van der Waals surface area contributed by atoms with Gasteiger partial charge in [0.1, 0.15) is 0 Å². The van der Waals surface area contributed by atoms with E-state index in [1.165, 1.54) is 18.6 Å². The number of amides is 1. The molecule has 3 unspecified atom stereocenters. The smallest absolute Gasteiger partial charge is 0.240 e. The van der Waals surface area contributed by atoms with Gasteiger partial charge in [-0.15, -0.1) is 0 Å². The molecule has 0 spiro atoms. The maximum atomic E-state index is 12.1. The fourth-order valence-electron chi connectivity index (χ4n) is 2.70. The molecule has 0 saturated carbocycles. The summed E-state index contributed by atoms with van der Waals surface area (Å²) in [6, 6.07) is -0.0000435. The number of carbonyl (C=O) groups excluding carboxylic acids is 1. The lowest BCUT2D eigenvalue weighted by molar-refractivity contribution is -0.130. The van der Waals surface area contributed by atoms with Gasteiger partial charge in [-0.25, -0.2) is 0 Å². The van der Waals surface area contributed by atoms with Crippen molar-refractivity contribution in [2.75, 3.05) is 12.3 Å². The first-order chi connectivity index (χ1) is 7.56. The summed E-state index contributed by atoms with van der Waals surface area (Å²) in [6.07, 6.45) is 3.78. The molecule has 0 aromatic heterocycles. The third-order valence-corrected chi connectivity index (χ3v) is 5.19. The van der Waals surface area contributed by atoms with E-state index in [-0.39, 0.29) is 22.9 Å². The molecule has 1 amide bonds. The van der Waals surface area contributed by atoms with Gasteiger partial charge in [0, 0.05) is 11.3 Å². The second-order valence-electron chi connectivity index (χ2n) is 5.18. The highest BCUT2D eigenvalue weighted by Gasteiger charge is 2.40. The first-order valence-corrected chi connectivity index (χ1v) is 7.25. The van der Waals surface area contributed by atoms with Crippen molar-refractivity contribution >= 4 is 17.7 Å². The number of nitrogens with zero attached hydrogens (tertiary/aromatic N) is 1. The normalized spacial score (nSPS) is 39.7. The molecule has 2 saturated heterocycles. The van der Waals surface area contributed by atoms with Crippen molar-refractivity contribution < 1.29 is 4.79 Å². The van der Waals surface area contributed by atoms with Crippen LogP contribution < -0.4 is 5.32 Å². The van der Waals surface area contributed by atoms with Crippen LogP contribution in [0.1, 0.15) is 40.0 Å². The molecule has 2 heterocycles. The van der Waals surface area contributed by atoms with E-state index < -0.39 is 0 Å². The van der Waals surface area contributed by atoms with Crippen molar-refractivity contribution in [2.24, 2.45) is 0 Å². The molecule has 0 aliphatic carbocycles. The summed E-state index contributed by atoms with van der Waals surface area (Å²) in [5, 5.41) is 3.36. The van der Waals surface area contributed by atoms with Gasteiger partial charge in [0.15, 0.2) is 0 Å². The molecule has 3 atom stereocenters. The molecule has 16 heavy (non-hydrogen) atoms. The summed E-state index contributed by atoms with van der Waals surface area (Å²) in [5.74, 6) is 1.53. The van der Waals surface area contributed by atoms with Gasteiger partial charge >= 0.3 is 0 Å². The van der Waals surface area contributed by atoms with Crippen LogP contribution in [0.4, 0.5) is 0 Å². The average molecular weight is 242 g/mol. The molecule has 0 aromatic rings. The van der Waals surface area contributed by atoms with Gasteiger partial charge in [-0.05, 0) is 38.9 Å². The predicted molar refractivity (Wildman–Crippen MR) is 68.5 cm³/mol. The molecule has 92 valence electrons. The van der Waals surface area contributed by atoms with Crippen molar-refractivity contribution in [2.45, 2.75) is 57.0 Å². The summed E-state index contributed by atoms with van der Waals surface area (Å²) in [5.41, 5.74) is 0. The topological polar surface area (TPSA) is 32.3 Å². The Hall–Kier alpha value is -0.220. The Balaban J connectivity index is 2.04. The van der Waals surface area contributed by atoms with Gasteiger partial charge in [0.25, 0.3) is 0 Å². The van der Waals surface area contributed by atoms with Crippen LogP contribution in [0.3, 0.4) is 0 Å².